The van der Waals surface area contributed by atoms with Gasteiger partial charge in [0.25, 0.3) is 5.91 Å². The van der Waals surface area contributed by atoms with Crippen LogP contribution in [0.5, 0.6) is 5.75 Å². The lowest BCUT2D eigenvalue weighted by Crippen LogP contribution is -2.18. The summed E-state index contributed by atoms with van der Waals surface area (Å²) in [4.78, 5) is 15.9. The van der Waals surface area contributed by atoms with Crippen molar-refractivity contribution in [3.63, 3.8) is 0 Å². The van der Waals surface area contributed by atoms with Crippen molar-refractivity contribution in [1.82, 2.24) is 10.4 Å². The highest BCUT2D eigenvalue weighted by Gasteiger charge is 2.11. The Morgan fingerprint density at radius 2 is 1.79 bits per heavy atom. The Bertz CT molecular complexity index is 988. The van der Waals surface area contributed by atoms with E-state index in [2.05, 4.69) is 15.5 Å². The first-order chi connectivity index (χ1) is 13.5. The molecule has 0 aliphatic heterocycles. The molecule has 0 saturated heterocycles. The quantitative estimate of drug-likeness (QED) is 0.322. The maximum absolute atomic E-state index is 12.0. The minimum Gasteiger partial charge on any atom is -0.486 e. The van der Waals surface area contributed by atoms with Crippen LogP contribution in [0.15, 0.2) is 65.9 Å². The minimum absolute atomic E-state index is 0.0983. The Morgan fingerprint density at radius 3 is 2.46 bits per heavy atom. The number of rotatable bonds is 6. The fourth-order valence-electron chi connectivity index (χ4n) is 2.30. The molecule has 0 bridgehead atoms. The van der Waals surface area contributed by atoms with Crippen molar-refractivity contribution < 1.29 is 9.53 Å². The molecule has 8 heteroatoms. The molecular formula is C20H14Cl3N3O2. The maximum atomic E-state index is 12.0. The van der Waals surface area contributed by atoms with E-state index in [0.717, 1.165) is 5.56 Å². The lowest BCUT2D eigenvalue weighted by Gasteiger charge is -2.11. The van der Waals surface area contributed by atoms with Gasteiger partial charge in [-0.2, -0.15) is 5.10 Å². The molecule has 1 aromatic heterocycles. The molecule has 5 nitrogen and oxygen atoms in total. The van der Waals surface area contributed by atoms with Gasteiger partial charge in [-0.25, -0.2) is 10.4 Å². The number of aromatic nitrogens is 1. The highest BCUT2D eigenvalue weighted by atomic mass is 35.5. The van der Waals surface area contributed by atoms with Crippen LogP contribution < -0.4 is 10.2 Å². The van der Waals surface area contributed by atoms with Crippen LogP contribution in [-0.4, -0.2) is 17.1 Å². The van der Waals surface area contributed by atoms with Gasteiger partial charge >= 0.3 is 0 Å². The number of nitrogens with zero attached hydrogens (tertiary/aromatic N) is 2. The third kappa shape index (κ3) is 5.23. The molecule has 1 heterocycles. The summed E-state index contributed by atoms with van der Waals surface area (Å²) in [7, 11) is 0. The summed E-state index contributed by atoms with van der Waals surface area (Å²) in [5, 5.41) is 4.67. The average molecular weight is 435 g/mol. The Labute approximate surface area is 176 Å². The molecule has 0 aliphatic carbocycles. The summed E-state index contributed by atoms with van der Waals surface area (Å²) in [6.45, 7) is 0.343. The molecule has 1 N–H and O–H groups in total. The van der Waals surface area contributed by atoms with Gasteiger partial charge in [0, 0.05) is 6.20 Å². The molecule has 28 heavy (non-hydrogen) atoms. The molecule has 0 radical (unpaired) electrons. The molecule has 3 aromatic rings. The van der Waals surface area contributed by atoms with Crippen molar-refractivity contribution in [3.8, 4) is 5.75 Å². The van der Waals surface area contributed by atoms with E-state index in [-0.39, 0.29) is 10.7 Å². The SMILES string of the molecule is O=C(NN=Cc1cc(Cl)c(OCc2ccccc2)c(Cl)c1)c1cccnc1Cl. The van der Waals surface area contributed by atoms with Crippen LogP contribution in [-0.2, 0) is 6.61 Å². The van der Waals surface area contributed by atoms with E-state index in [1.807, 2.05) is 30.3 Å². The number of benzene rings is 2. The van der Waals surface area contributed by atoms with Gasteiger partial charge in [-0.1, -0.05) is 65.1 Å². The Kier molecular flexibility index (Phi) is 6.87. The molecule has 0 unspecified atom stereocenters. The first-order valence-corrected chi connectivity index (χ1v) is 9.27. The van der Waals surface area contributed by atoms with E-state index < -0.39 is 5.91 Å². The van der Waals surface area contributed by atoms with Gasteiger partial charge in [-0.05, 0) is 35.4 Å². The van der Waals surface area contributed by atoms with Gasteiger partial charge in [0.05, 0.1) is 21.8 Å². The fraction of sp³-hybridized carbons (Fsp3) is 0.0500. The molecule has 3 rings (SSSR count). The van der Waals surface area contributed by atoms with E-state index in [1.54, 1.807) is 24.3 Å². The first kappa shape index (κ1) is 20.1. The van der Waals surface area contributed by atoms with E-state index >= 15 is 0 Å². The van der Waals surface area contributed by atoms with Crippen LogP contribution in [0.4, 0.5) is 0 Å². The summed E-state index contributed by atoms with van der Waals surface area (Å²) in [6, 6.07) is 16.1. The Morgan fingerprint density at radius 1 is 1.07 bits per heavy atom. The standard InChI is InChI=1S/C20H14Cl3N3O2/c21-16-9-14(11-25-26-20(27)15-7-4-8-24-19(15)23)10-17(22)18(16)28-12-13-5-2-1-3-6-13/h1-11H,12H2,(H,26,27). The van der Waals surface area contributed by atoms with Crippen molar-refractivity contribution >= 4 is 46.9 Å². The molecular weight excluding hydrogens is 421 g/mol. The predicted molar refractivity (Wildman–Crippen MR) is 112 cm³/mol. The van der Waals surface area contributed by atoms with E-state index in [4.69, 9.17) is 39.5 Å². The highest BCUT2D eigenvalue weighted by Crippen LogP contribution is 2.34. The number of amides is 1. The van der Waals surface area contributed by atoms with Crippen LogP contribution in [0.2, 0.25) is 15.2 Å². The number of carbonyl (C=O) groups excluding carboxylic acids is 1. The van der Waals surface area contributed by atoms with Gasteiger partial charge in [0.2, 0.25) is 0 Å². The number of pyridine rings is 1. The van der Waals surface area contributed by atoms with Crippen molar-refractivity contribution in [1.29, 1.82) is 0 Å². The van der Waals surface area contributed by atoms with Gasteiger partial charge in [-0.15, -0.1) is 0 Å². The summed E-state index contributed by atoms with van der Waals surface area (Å²) in [6.07, 6.45) is 2.91. The molecule has 0 atom stereocenters. The fourth-order valence-corrected chi connectivity index (χ4v) is 3.12. The predicted octanol–water partition coefficient (Wildman–Crippen LogP) is 5.38. The van der Waals surface area contributed by atoms with Gasteiger partial charge < -0.3 is 4.74 Å². The molecule has 0 saturated carbocycles. The summed E-state index contributed by atoms with van der Waals surface area (Å²) < 4.78 is 5.72. The van der Waals surface area contributed by atoms with E-state index in [1.165, 1.54) is 12.4 Å². The molecule has 0 spiro atoms. The van der Waals surface area contributed by atoms with Crippen LogP contribution in [0.25, 0.3) is 0 Å². The van der Waals surface area contributed by atoms with Crippen molar-refractivity contribution in [2.75, 3.05) is 0 Å². The van der Waals surface area contributed by atoms with Crippen molar-refractivity contribution in [2.24, 2.45) is 5.10 Å². The Balaban J connectivity index is 1.66. The number of hydrazone groups is 1. The van der Waals surface area contributed by atoms with Gasteiger partial charge in [-0.3, -0.25) is 4.79 Å². The third-order valence-corrected chi connectivity index (χ3v) is 4.49. The number of hydrogen-bond acceptors (Lipinski definition) is 4. The van der Waals surface area contributed by atoms with Gasteiger partial charge in [0.15, 0.2) is 5.75 Å². The van der Waals surface area contributed by atoms with Crippen LogP contribution >= 0.6 is 34.8 Å². The number of ether oxygens (including phenoxy) is 1. The monoisotopic (exact) mass is 433 g/mol. The van der Waals surface area contributed by atoms with Crippen molar-refractivity contribution in [3.05, 3.63) is 92.7 Å². The maximum Gasteiger partial charge on any atom is 0.274 e. The van der Waals surface area contributed by atoms with Crippen LogP contribution in [0, 0.1) is 0 Å². The lowest BCUT2D eigenvalue weighted by atomic mass is 10.2. The zero-order valence-electron chi connectivity index (χ0n) is 14.4. The molecule has 0 aliphatic rings. The number of carbonyl (C=O) groups is 1. The second-order valence-electron chi connectivity index (χ2n) is 5.63. The first-order valence-electron chi connectivity index (χ1n) is 8.14. The molecule has 2 aromatic carbocycles. The van der Waals surface area contributed by atoms with E-state index in [9.17, 15) is 4.79 Å². The number of nitrogens with one attached hydrogen (secondary N) is 1. The van der Waals surface area contributed by atoms with Crippen LogP contribution in [0.3, 0.4) is 0 Å². The number of hydrogen-bond donors (Lipinski definition) is 1. The summed E-state index contributed by atoms with van der Waals surface area (Å²) >= 11 is 18.4. The van der Waals surface area contributed by atoms with Crippen molar-refractivity contribution in [2.45, 2.75) is 6.61 Å². The van der Waals surface area contributed by atoms with Gasteiger partial charge in [0.1, 0.15) is 11.8 Å². The normalized spacial score (nSPS) is 10.8. The van der Waals surface area contributed by atoms with E-state index in [0.29, 0.717) is 28.0 Å². The zero-order valence-corrected chi connectivity index (χ0v) is 16.7. The second-order valence-corrected chi connectivity index (χ2v) is 6.80. The highest BCUT2D eigenvalue weighted by molar-refractivity contribution is 6.37. The average Bonchev–Trinajstić information content (AvgIpc) is 2.68. The van der Waals surface area contributed by atoms with Crippen LogP contribution in [0.1, 0.15) is 21.5 Å². The molecule has 1 amide bonds. The Hall–Kier alpha value is -2.60. The molecule has 0 fully saturated rings. The number of halogens is 3. The topological polar surface area (TPSA) is 63.6 Å². The lowest BCUT2D eigenvalue weighted by molar-refractivity contribution is 0.0955. The second kappa shape index (κ2) is 9.55. The smallest absolute Gasteiger partial charge is 0.274 e. The summed E-state index contributed by atoms with van der Waals surface area (Å²) in [5.41, 5.74) is 4.20. The minimum atomic E-state index is -0.477. The largest absolute Gasteiger partial charge is 0.486 e. The summed E-state index contributed by atoms with van der Waals surface area (Å²) in [5.74, 6) is -0.0927. The zero-order chi connectivity index (χ0) is 19.9. The third-order valence-electron chi connectivity index (χ3n) is 3.63. The molecule has 142 valence electrons.